The molecule has 0 radical (unpaired) electrons. The molecule has 0 unspecified atom stereocenters. The van der Waals surface area contributed by atoms with Gasteiger partial charge < -0.3 is 10.6 Å². The Bertz CT molecular complexity index is 924. The zero-order valence-corrected chi connectivity index (χ0v) is 15.5. The Morgan fingerprint density at radius 1 is 1.00 bits per heavy atom. The first kappa shape index (κ1) is 17.9. The van der Waals surface area contributed by atoms with Gasteiger partial charge in [-0.3, -0.25) is 0 Å². The van der Waals surface area contributed by atoms with E-state index in [0.29, 0.717) is 22.7 Å². The second-order valence-electron chi connectivity index (χ2n) is 6.65. The summed E-state index contributed by atoms with van der Waals surface area (Å²) in [5.41, 5.74) is 3.51. The fraction of sp³-hybridized carbons (Fsp3) is 0.238. The fourth-order valence-corrected chi connectivity index (χ4v) is 3.48. The first-order valence-electron chi connectivity index (χ1n) is 9.05. The molecule has 138 valence electrons. The number of nitrogens with zero attached hydrogens (tertiary/aromatic N) is 2. The van der Waals surface area contributed by atoms with E-state index >= 15 is 0 Å². The second kappa shape index (κ2) is 8.03. The number of aromatic nitrogens is 2. The third kappa shape index (κ3) is 4.26. The smallest absolute Gasteiger partial charge is 0.223 e. The number of piperidine rings is 1. The van der Waals surface area contributed by atoms with E-state index in [2.05, 4.69) is 20.6 Å². The van der Waals surface area contributed by atoms with E-state index in [1.807, 2.05) is 24.3 Å². The van der Waals surface area contributed by atoms with Crippen LogP contribution in [-0.4, -0.2) is 29.1 Å². The van der Waals surface area contributed by atoms with Gasteiger partial charge in [-0.1, -0.05) is 41.9 Å². The van der Waals surface area contributed by atoms with Gasteiger partial charge in [-0.2, -0.15) is 0 Å². The molecule has 0 spiro atoms. The quantitative estimate of drug-likeness (QED) is 0.682. The summed E-state index contributed by atoms with van der Waals surface area (Å²) in [6.45, 7) is 2.00. The lowest BCUT2D eigenvalue weighted by Crippen LogP contribution is -2.35. The van der Waals surface area contributed by atoms with Crippen LogP contribution in [0, 0.1) is 5.82 Å². The number of nitrogens with one attached hydrogen (secondary N) is 2. The minimum Gasteiger partial charge on any atom is -0.351 e. The van der Waals surface area contributed by atoms with Crippen molar-refractivity contribution in [3.8, 4) is 22.4 Å². The SMILES string of the molecule is Fc1ccc(-c2cccc(-c3nc(NC4CCNCC4)ncc3Cl)c2)cc1. The largest absolute Gasteiger partial charge is 0.351 e. The molecule has 4 rings (SSSR count). The number of hydrogen-bond acceptors (Lipinski definition) is 4. The highest BCUT2D eigenvalue weighted by atomic mass is 35.5. The topological polar surface area (TPSA) is 49.8 Å². The lowest BCUT2D eigenvalue weighted by Gasteiger charge is -2.23. The van der Waals surface area contributed by atoms with Crippen molar-refractivity contribution in [2.75, 3.05) is 18.4 Å². The van der Waals surface area contributed by atoms with Crippen molar-refractivity contribution in [3.63, 3.8) is 0 Å². The number of anilines is 1. The van der Waals surface area contributed by atoms with Gasteiger partial charge in [0, 0.05) is 11.6 Å². The summed E-state index contributed by atoms with van der Waals surface area (Å²) >= 11 is 6.38. The maximum atomic E-state index is 13.2. The summed E-state index contributed by atoms with van der Waals surface area (Å²) in [5, 5.41) is 7.26. The third-order valence-electron chi connectivity index (χ3n) is 4.73. The van der Waals surface area contributed by atoms with Gasteiger partial charge in [0.05, 0.1) is 16.9 Å². The van der Waals surface area contributed by atoms with Crippen LogP contribution in [0.1, 0.15) is 12.8 Å². The van der Waals surface area contributed by atoms with Crippen molar-refractivity contribution in [3.05, 3.63) is 65.6 Å². The first-order chi connectivity index (χ1) is 13.2. The predicted molar refractivity (Wildman–Crippen MR) is 107 cm³/mol. The van der Waals surface area contributed by atoms with Crippen LogP contribution >= 0.6 is 11.6 Å². The number of halogens is 2. The lowest BCUT2D eigenvalue weighted by atomic mass is 10.0. The Balaban J connectivity index is 1.63. The van der Waals surface area contributed by atoms with Crippen LogP contribution in [-0.2, 0) is 0 Å². The zero-order valence-electron chi connectivity index (χ0n) is 14.8. The highest BCUT2D eigenvalue weighted by Gasteiger charge is 2.15. The number of rotatable bonds is 4. The molecule has 27 heavy (non-hydrogen) atoms. The summed E-state index contributed by atoms with van der Waals surface area (Å²) < 4.78 is 13.2. The van der Waals surface area contributed by atoms with Gasteiger partial charge in [-0.25, -0.2) is 14.4 Å². The lowest BCUT2D eigenvalue weighted by molar-refractivity contribution is 0.477. The minimum atomic E-state index is -0.248. The van der Waals surface area contributed by atoms with Crippen LogP contribution in [0.25, 0.3) is 22.4 Å². The maximum absolute atomic E-state index is 13.2. The zero-order chi connectivity index (χ0) is 18.6. The summed E-state index contributed by atoms with van der Waals surface area (Å²) in [6.07, 6.45) is 3.72. The standard InChI is InChI=1S/C21H20ClFN4/c22-19-13-25-21(26-18-8-10-24-11-9-18)27-20(19)16-3-1-2-15(12-16)14-4-6-17(23)7-5-14/h1-7,12-13,18,24H,8-11H2,(H,25,26,27). The average molecular weight is 383 g/mol. The Morgan fingerprint density at radius 2 is 1.74 bits per heavy atom. The molecule has 2 N–H and O–H groups in total. The molecule has 4 nitrogen and oxygen atoms in total. The van der Waals surface area contributed by atoms with Gasteiger partial charge in [0.15, 0.2) is 0 Å². The van der Waals surface area contributed by atoms with Gasteiger partial charge in [0.1, 0.15) is 5.82 Å². The molecule has 1 fully saturated rings. The van der Waals surface area contributed by atoms with E-state index in [4.69, 9.17) is 11.6 Å². The van der Waals surface area contributed by atoms with Gasteiger partial charge in [-0.05, 0) is 55.3 Å². The summed E-state index contributed by atoms with van der Waals surface area (Å²) in [4.78, 5) is 8.98. The Hall–Kier alpha value is -2.50. The molecule has 0 amide bonds. The molecule has 2 heterocycles. The summed E-state index contributed by atoms with van der Waals surface area (Å²) in [6, 6.07) is 14.7. The second-order valence-corrected chi connectivity index (χ2v) is 7.05. The Labute approximate surface area is 162 Å². The van der Waals surface area contributed by atoms with Crippen LogP contribution in [0.3, 0.4) is 0 Å². The van der Waals surface area contributed by atoms with Crippen molar-refractivity contribution in [1.82, 2.24) is 15.3 Å². The molecule has 3 aromatic rings. The van der Waals surface area contributed by atoms with E-state index < -0.39 is 0 Å². The van der Waals surface area contributed by atoms with Gasteiger partial charge in [0.25, 0.3) is 0 Å². The molecule has 0 aliphatic carbocycles. The van der Waals surface area contributed by atoms with Crippen LogP contribution in [0.15, 0.2) is 54.7 Å². The van der Waals surface area contributed by atoms with Crippen LogP contribution < -0.4 is 10.6 Å². The monoisotopic (exact) mass is 382 g/mol. The minimum absolute atomic E-state index is 0.248. The predicted octanol–water partition coefficient (Wildman–Crippen LogP) is 4.77. The highest BCUT2D eigenvalue weighted by molar-refractivity contribution is 6.32. The Morgan fingerprint density at radius 3 is 2.52 bits per heavy atom. The number of hydrogen-bond donors (Lipinski definition) is 2. The van der Waals surface area contributed by atoms with Crippen molar-refractivity contribution < 1.29 is 4.39 Å². The Kier molecular flexibility index (Phi) is 5.32. The van der Waals surface area contributed by atoms with E-state index in [0.717, 1.165) is 42.6 Å². The van der Waals surface area contributed by atoms with Crippen molar-refractivity contribution in [2.24, 2.45) is 0 Å². The molecular weight excluding hydrogens is 363 g/mol. The number of benzene rings is 2. The molecule has 1 saturated heterocycles. The molecule has 0 saturated carbocycles. The van der Waals surface area contributed by atoms with Crippen LogP contribution in [0.4, 0.5) is 10.3 Å². The maximum Gasteiger partial charge on any atom is 0.223 e. The van der Waals surface area contributed by atoms with Crippen LogP contribution in [0.5, 0.6) is 0 Å². The van der Waals surface area contributed by atoms with Crippen LogP contribution in [0.2, 0.25) is 5.02 Å². The molecule has 0 bridgehead atoms. The third-order valence-corrected chi connectivity index (χ3v) is 5.01. The fourth-order valence-electron chi connectivity index (χ4n) is 3.28. The van der Waals surface area contributed by atoms with Gasteiger partial charge >= 0.3 is 0 Å². The first-order valence-corrected chi connectivity index (χ1v) is 9.43. The molecule has 1 aliphatic heterocycles. The summed E-state index contributed by atoms with van der Waals surface area (Å²) in [7, 11) is 0. The molecule has 1 aromatic heterocycles. The van der Waals surface area contributed by atoms with Gasteiger partial charge in [0.2, 0.25) is 5.95 Å². The molecule has 2 aromatic carbocycles. The highest BCUT2D eigenvalue weighted by Crippen LogP contribution is 2.30. The van der Waals surface area contributed by atoms with E-state index in [-0.39, 0.29) is 5.82 Å². The van der Waals surface area contributed by atoms with Crippen molar-refractivity contribution in [2.45, 2.75) is 18.9 Å². The summed E-state index contributed by atoms with van der Waals surface area (Å²) in [5.74, 6) is 0.343. The van der Waals surface area contributed by atoms with Crippen molar-refractivity contribution >= 4 is 17.5 Å². The normalized spacial score (nSPS) is 14.9. The van der Waals surface area contributed by atoms with Gasteiger partial charge in [-0.15, -0.1) is 0 Å². The molecule has 6 heteroatoms. The average Bonchev–Trinajstić information content (AvgIpc) is 2.71. The molecule has 0 atom stereocenters. The van der Waals surface area contributed by atoms with Crippen molar-refractivity contribution in [1.29, 1.82) is 0 Å². The van der Waals surface area contributed by atoms with E-state index in [9.17, 15) is 4.39 Å². The van der Waals surface area contributed by atoms with E-state index in [1.54, 1.807) is 18.3 Å². The van der Waals surface area contributed by atoms with E-state index in [1.165, 1.54) is 12.1 Å². The molecule has 1 aliphatic rings. The molecular formula is C21H20ClFN4.